The number of carbonyl (C=O) groups is 1. The molecule has 10 nitrogen and oxygen atoms in total. The highest BCUT2D eigenvalue weighted by Crippen LogP contribution is 2.32. The van der Waals surface area contributed by atoms with E-state index < -0.39 is 48.2 Å². The highest BCUT2D eigenvalue weighted by atomic mass is 127. The van der Waals surface area contributed by atoms with Gasteiger partial charge < -0.3 is 35.1 Å². The molecule has 5 N–H and O–H groups in total. The number of hydrogen-bond donors (Lipinski definition) is 5. The fraction of sp³-hybridized carbons (Fsp3) is 0.241. The summed E-state index contributed by atoms with van der Waals surface area (Å²) in [6, 6.07) is 18.4. The summed E-state index contributed by atoms with van der Waals surface area (Å²) >= 11 is 1.95. The minimum Gasteiger partial charge on any atom is -0.493 e. The monoisotopic (exact) mass is 677 g/mol. The molecule has 0 radical (unpaired) electrons. The molecular weight excluding hydrogens is 648 g/mol. The number of aromatic amines is 1. The predicted octanol–water partition coefficient (Wildman–Crippen LogP) is 3.81. The molecule has 1 amide bonds. The van der Waals surface area contributed by atoms with Crippen LogP contribution < -0.4 is 15.7 Å². The third-order valence-corrected chi connectivity index (χ3v) is 6.91. The van der Waals surface area contributed by atoms with Gasteiger partial charge in [-0.05, 0) is 77.5 Å². The van der Waals surface area contributed by atoms with Gasteiger partial charge in [0.2, 0.25) is 5.88 Å². The standard InChI is InChI=1S/C29H29FIN3O7/c1-17(40-15-18-5-3-2-4-6-18)26(27(37)32-24-12-9-20(31)13-23(24)30)34-28(38)25(33-29(34)39)19-7-10-22(11-8-19)41-16-21(36)14-35/h2-13,17,21,26,35-36,38H,14-16H2,1H3,(H,32,37)(H,33,39)/t17-,21-,26+/m1/s1. The van der Waals surface area contributed by atoms with Crippen molar-refractivity contribution in [3.05, 3.63) is 98.2 Å². The number of H-pyrrole nitrogens is 1. The normalized spacial score (nSPS) is 13.4. The number of hydrogen-bond acceptors (Lipinski definition) is 7. The summed E-state index contributed by atoms with van der Waals surface area (Å²) in [4.78, 5) is 29.3. The van der Waals surface area contributed by atoms with E-state index in [2.05, 4.69) is 10.3 Å². The molecule has 0 unspecified atom stereocenters. The third-order valence-electron chi connectivity index (χ3n) is 6.23. The van der Waals surface area contributed by atoms with E-state index in [1.165, 1.54) is 12.1 Å². The molecule has 12 heteroatoms. The number of aromatic nitrogens is 2. The van der Waals surface area contributed by atoms with Crippen LogP contribution in [0, 0.1) is 9.39 Å². The van der Waals surface area contributed by atoms with Crippen LogP contribution in [0.4, 0.5) is 10.1 Å². The van der Waals surface area contributed by atoms with Gasteiger partial charge in [-0.2, -0.15) is 0 Å². The lowest BCUT2D eigenvalue weighted by molar-refractivity contribution is -0.124. The molecule has 0 bridgehead atoms. The first-order valence-electron chi connectivity index (χ1n) is 12.6. The number of aliphatic hydroxyl groups is 2. The topological polar surface area (TPSA) is 146 Å². The SMILES string of the molecule is C[C@@H](OCc1ccccc1)[C@@H](C(=O)Nc1ccc(I)cc1F)n1c(O)c(-c2ccc(OC[C@H](O)CO)cc2)[nH]c1=O. The van der Waals surface area contributed by atoms with Gasteiger partial charge in [0.15, 0.2) is 0 Å². The maximum absolute atomic E-state index is 14.6. The van der Waals surface area contributed by atoms with Crippen LogP contribution in [0.2, 0.25) is 0 Å². The first-order chi connectivity index (χ1) is 19.7. The lowest BCUT2D eigenvalue weighted by Gasteiger charge is -2.25. The Kier molecular flexibility index (Phi) is 10.2. The van der Waals surface area contributed by atoms with E-state index in [0.29, 0.717) is 14.9 Å². The van der Waals surface area contributed by atoms with Gasteiger partial charge in [0.1, 0.15) is 36.0 Å². The number of amides is 1. The molecule has 0 saturated carbocycles. The van der Waals surface area contributed by atoms with Crippen LogP contribution in [-0.4, -0.2) is 56.2 Å². The first kappa shape index (κ1) is 30.2. The Morgan fingerprint density at radius 3 is 2.49 bits per heavy atom. The summed E-state index contributed by atoms with van der Waals surface area (Å²) < 4.78 is 27.4. The summed E-state index contributed by atoms with van der Waals surface area (Å²) in [7, 11) is 0. The summed E-state index contributed by atoms with van der Waals surface area (Å²) in [5.41, 5.74) is 0.435. The predicted molar refractivity (Wildman–Crippen MR) is 158 cm³/mol. The number of imidazole rings is 1. The van der Waals surface area contributed by atoms with Crippen molar-refractivity contribution >= 4 is 34.2 Å². The van der Waals surface area contributed by atoms with Crippen molar-refractivity contribution in [2.45, 2.75) is 31.8 Å². The molecule has 1 aromatic heterocycles. The first-order valence-corrected chi connectivity index (χ1v) is 13.7. The quantitative estimate of drug-likeness (QED) is 0.144. The van der Waals surface area contributed by atoms with Gasteiger partial charge in [-0.25, -0.2) is 13.8 Å². The molecule has 4 aromatic rings. The molecular formula is C29H29FIN3O7. The summed E-state index contributed by atoms with van der Waals surface area (Å²) in [5, 5.41) is 32.1. The molecule has 4 rings (SSSR count). The fourth-order valence-electron chi connectivity index (χ4n) is 4.09. The van der Waals surface area contributed by atoms with Crippen LogP contribution in [0.25, 0.3) is 11.3 Å². The smallest absolute Gasteiger partial charge is 0.329 e. The number of nitrogens with one attached hydrogen (secondary N) is 2. The Labute approximate surface area is 248 Å². The second kappa shape index (κ2) is 13.8. The molecule has 0 aliphatic rings. The maximum atomic E-state index is 14.6. The average Bonchev–Trinajstić information content (AvgIpc) is 3.26. The highest BCUT2D eigenvalue weighted by molar-refractivity contribution is 14.1. The number of rotatable bonds is 12. The minimum absolute atomic E-state index is 0.0467. The Bertz CT molecular complexity index is 1530. The Morgan fingerprint density at radius 2 is 1.83 bits per heavy atom. The van der Waals surface area contributed by atoms with Gasteiger partial charge in [-0.1, -0.05) is 30.3 Å². The van der Waals surface area contributed by atoms with Gasteiger partial charge in [0.25, 0.3) is 5.91 Å². The van der Waals surface area contributed by atoms with Gasteiger partial charge in [-0.3, -0.25) is 4.79 Å². The lowest BCUT2D eigenvalue weighted by Crippen LogP contribution is -2.39. The fourth-order valence-corrected chi connectivity index (χ4v) is 4.55. The van der Waals surface area contributed by atoms with Crippen molar-refractivity contribution < 1.29 is 34.0 Å². The molecule has 0 saturated heterocycles. The molecule has 3 aromatic carbocycles. The van der Waals surface area contributed by atoms with E-state index in [-0.39, 0.29) is 24.6 Å². The van der Waals surface area contributed by atoms with E-state index in [0.717, 1.165) is 10.1 Å². The van der Waals surface area contributed by atoms with Crippen molar-refractivity contribution in [3.8, 4) is 22.9 Å². The van der Waals surface area contributed by atoms with Crippen LogP contribution in [-0.2, 0) is 16.1 Å². The summed E-state index contributed by atoms with van der Waals surface area (Å²) in [5.74, 6) is -1.54. The molecule has 0 aliphatic heterocycles. The number of carbonyl (C=O) groups excluding carboxylic acids is 1. The number of aromatic hydroxyl groups is 1. The second-order valence-corrected chi connectivity index (χ2v) is 10.5. The number of aliphatic hydroxyl groups excluding tert-OH is 2. The highest BCUT2D eigenvalue weighted by Gasteiger charge is 2.33. The Morgan fingerprint density at radius 1 is 1.12 bits per heavy atom. The summed E-state index contributed by atoms with van der Waals surface area (Å²) in [6.45, 7) is 1.15. The van der Waals surface area contributed by atoms with Crippen LogP contribution in [0.3, 0.4) is 0 Å². The number of halogens is 2. The van der Waals surface area contributed by atoms with Gasteiger partial charge in [-0.15, -0.1) is 0 Å². The van der Waals surface area contributed by atoms with Crippen molar-refractivity contribution in [3.63, 3.8) is 0 Å². The van der Waals surface area contributed by atoms with Crippen molar-refractivity contribution in [1.29, 1.82) is 0 Å². The zero-order valence-electron chi connectivity index (χ0n) is 22.0. The Balaban J connectivity index is 1.65. The third kappa shape index (κ3) is 7.52. The van der Waals surface area contributed by atoms with Crippen LogP contribution >= 0.6 is 22.6 Å². The Hall–Kier alpha value is -3.72. The van der Waals surface area contributed by atoms with Crippen molar-refractivity contribution in [1.82, 2.24) is 9.55 Å². The van der Waals surface area contributed by atoms with E-state index in [1.54, 1.807) is 37.3 Å². The molecule has 0 aliphatic carbocycles. The summed E-state index contributed by atoms with van der Waals surface area (Å²) in [6.07, 6.45) is -1.96. The number of benzene rings is 3. The van der Waals surface area contributed by atoms with Gasteiger partial charge >= 0.3 is 5.69 Å². The van der Waals surface area contributed by atoms with Crippen molar-refractivity contribution in [2.24, 2.45) is 0 Å². The van der Waals surface area contributed by atoms with Crippen molar-refractivity contribution in [2.75, 3.05) is 18.5 Å². The van der Waals surface area contributed by atoms with E-state index in [9.17, 15) is 24.2 Å². The molecule has 216 valence electrons. The number of nitrogens with zero attached hydrogens (tertiary/aromatic N) is 1. The second-order valence-electron chi connectivity index (χ2n) is 9.23. The molecule has 0 fully saturated rings. The van der Waals surface area contributed by atoms with Crippen LogP contribution in [0.15, 0.2) is 77.6 Å². The molecule has 3 atom stereocenters. The zero-order valence-corrected chi connectivity index (χ0v) is 24.1. The molecule has 1 heterocycles. The number of ether oxygens (including phenoxy) is 2. The van der Waals surface area contributed by atoms with Crippen LogP contribution in [0.5, 0.6) is 11.6 Å². The molecule has 41 heavy (non-hydrogen) atoms. The number of anilines is 1. The van der Waals surface area contributed by atoms with Gasteiger partial charge in [0.05, 0.1) is 25.0 Å². The molecule has 0 spiro atoms. The average molecular weight is 677 g/mol. The van der Waals surface area contributed by atoms with E-state index in [4.69, 9.17) is 14.6 Å². The van der Waals surface area contributed by atoms with E-state index in [1.807, 2.05) is 52.9 Å². The van der Waals surface area contributed by atoms with Crippen LogP contribution in [0.1, 0.15) is 18.5 Å². The minimum atomic E-state index is -1.38. The van der Waals surface area contributed by atoms with Gasteiger partial charge in [0, 0.05) is 9.13 Å². The largest absolute Gasteiger partial charge is 0.493 e. The zero-order chi connectivity index (χ0) is 29.5. The maximum Gasteiger partial charge on any atom is 0.329 e. The van der Waals surface area contributed by atoms with E-state index >= 15 is 0 Å². The lowest BCUT2D eigenvalue weighted by atomic mass is 10.1.